The molecule has 0 atom stereocenters. The van der Waals surface area contributed by atoms with Crippen LogP contribution in [0.3, 0.4) is 0 Å². The van der Waals surface area contributed by atoms with Gasteiger partial charge in [-0.2, -0.15) is 10.1 Å². The number of nitrogens with zero attached hydrogens (tertiary/aromatic N) is 2. The molecule has 2 fully saturated rings. The number of carbonyl (C=O) groups excluding carboxylic acids is 2. The molecule has 53 heavy (non-hydrogen) atoms. The summed E-state index contributed by atoms with van der Waals surface area (Å²) < 4.78 is 12.0. The first-order valence-corrected chi connectivity index (χ1v) is 21.8. The van der Waals surface area contributed by atoms with Crippen molar-refractivity contribution in [2.75, 3.05) is 13.2 Å². The van der Waals surface area contributed by atoms with Gasteiger partial charge in [-0.25, -0.2) is 0 Å². The van der Waals surface area contributed by atoms with E-state index in [-0.39, 0.29) is 53.7 Å². The fraction of sp³-hybridized carbons (Fsp3) is 0.956. The van der Waals surface area contributed by atoms with Crippen molar-refractivity contribution in [3.8, 4) is 0 Å². The van der Waals surface area contributed by atoms with Crippen molar-refractivity contribution in [3.63, 3.8) is 0 Å². The first-order valence-electron chi connectivity index (χ1n) is 21.8. The lowest BCUT2D eigenvalue weighted by Gasteiger charge is -2.53. The zero-order valence-electron chi connectivity index (χ0n) is 35.9. The maximum absolute atomic E-state index is 12.8. The highest BCUT2D eigenvalue weighted by molar-refractivity contribution is 5.69. The minimum absolute atomic E-state index is 0. The molecule has 8 nitrogen and oxygen atoms in total. The van der Waals surface area contributed by atoms with Crippen LogP contribution in [0.5, 0.6) is 0 Å². The Labute approximate surface area is 328 Å². The van der Waals surface area contributed by atoms with Gasteiger partial charge in [-0.1, -0.05) is 111 Å². The first kappa shape index (κ1) is 49.8. The van der Waals surface area contributed by atoms with Crippen LogP contribution in [0.1, 0.15) is 231 Å². The van der Waals surface area contributed by atoms with Crippen LogP contribution < -0.4 is 0 Å². The molecule has 2 aliphatic rings. The zero-order chi connectivity index (χ0) is 38.7. The molecule has 314 valence electrons. The van der Waals surface area contributed by atoms with Crippen molar-refractivity contribution in [1.29, 1.82) is 0 Å². The van der Waals surface area contributed by atoms with Crippen LogP contribution in [0.4, 0.5) is 0 Å². The maximum Gasteiger partial charge on any atom is 0.306 e. The summed E-state index contributed by atoms with van der Waals surface area (Å²) in [6.45, 7) is 23.6. The van der Waals surface area contributed by atoms with Gasteiger partial charge in [0.2, 0.25) is 0 Å². The maximum atomic E-state index is 12.8. The number of carbonyl (C=O) groups is 2. The number of rotatable bonds is 27. The third-order valence-electron chi connectivity index (χ3n) is 11.2. The summed E-state index contributed by atoms with van der Waals surface area (Å²) in [6.07, 6.45) is 24.7. The highest BCUT2D eigenvalue weighted by atomic mass is 16.7. The fourth-order valence-electron chi connectivity index (χ4n) is 9.02. The molecular weight excluding hydrogens is 665 g/mol. The molecule has 2 saturated heterocycles. The summed E-state index contributed by atoms with van der Waals surface area (Å²) in [6, 6.07) is 0. The second-order valence-corrected chi connectivity index (χ2v) is 18.7. The summed E-state index contributed by atoms with van der Waals surface area (Å²) in [7, 11) is 0. The molecule has 0 bridgehead atoms. The van der Waals surface area contributed by atoms with Gasteiger partial charge in [0, 0.05) is 60.7 Å². The molecule has 0 aliphatic carbocycles. The fourth-order valence-corrected chi connectivity index (χ4v) is 9.02. The largest absolute Gasteiger partial charge is 0.462 e. The average molecular weight is 753 g/mol. The van der Waals surface area contributed by atoms with Gasteiger partial charge in [0.15, 0.2) is 0 Å². The molecule has 2 heterocycles. The third kappa shape index (κ3) is 19.0. The van der Waals surface area contributed by atoms with E-state index in [1.807, 2.05) is 0 Å². The monoisotopic (exact) mass is 753 g/mol. The lowest BCUT2D eigenvalue weighted by molar-refractivity contribution is -0.293. The van der Waals surface area contributed by atoms with E-state index in [0.29, 0.717) is 12.8 Å². The number of hydrogen-bond acceptors (Lipinski definition) is 8. The van der Waals surface area contributed by atoms with E-state index in [9.17, 15) is 9.59 Å². The molecule has 2 aliphatic heterocycles. The van der Waals surface area contributed by atoms with E-state index in [1.165, 1.54) is 64.2 Å². The number of ether oxygens (including phenoxy) is 2. The molecular formula is C45H88N2O6. The average Bonchev–Trinajstić information content (AvgIpc) is 3.02. The number of hydrogen-bond donors (Lipinski definition) is 0. The Morgan fingerprint density at radius 2 is 0.717 bits per heavy atom. The summed E-state index contributed by atoms with van der Waals surface area (Å²) in [5, 5.41) is 4.35. The summed E-state index contributed by atoms with van der Waals surface area (Å²) >= 11 is 0. The van der Waals surface area contributed by atoms with Gasteiger partial charge >= 0.3 is 11.9 Å². The third-order valence-corrected chi connectivity index (χ3v) is 11.2. The minimum atomic E-state index is -0.201. The van der Waals surface area contributed by atoms with E-state index >= 15 is 0 Å². The van der Waals surface area contributed by atoms with Crippen LogP contribution in [0.2, 0.25) is 0 Å². The Morgan fingerprint density at radius 3 is 1.02 bits per heavy atom. The van der Waals surface area contributed by atoms with Gasteiger partial charge < -0.3 is 9.47 Å². The van der Waals surface area contributed by atoms with Crippen molar-refractivity contribution >= 4 is 11.9 Å². The van der Waals surface area contributed by atoms with Crippen LogP contribution in [-0.2, 0) is 28.7 Å². The van der Waals surface area contributed by atoms with Crippen LogP contribution >= 0.6 is 0 Å². The van der Waals surface area contributed by atoms with Crippen molar-refractivity contribution in [2.24, 2.45) is 0 Å². The van der Waals surface area contributed by atoms with E-state index in [4.69, 9.17) is 19.1 Å². The second-order valence-electron chi connectivity index (χ2n) is 18.7. The Hall–Kier alpha value is -1.22. The predicted octanol–water partition coefficient (Wildman–Crippen LogP) is 12.5. The molecule has 0 spiro atoms. The highest BCUT2D eigenvalue weighted by Gasteiger charge is 2.49. The second kappa shape index (κ2) is 25.1. The van der Waals surface area contributed by atoms with Gasteiger partial charge in [0.05, 0.1) is 13.2 Å². The Balaban J connectivity index is 0.0000140. The standard InChI is InChI=1S/C44H84N2O6.CH4/c1-11-13-15-17-23-27-31-49-45-41(3,4)33-37(34-42(45,5)6)51-39(47)29-25-21-19-20-22-26-30-40(48)52-38-35-43(7,8)46(44(9,10)36-38)50-32-28-24-18-16-14-12-2;/h37-38H,11-36H2,1-10H3;1H4. The van der Waals surface area contributed by atoms with E-state index in [2.05, 4.69) is 79.4 Å². The van der Waals surface area contributed by atoms with E-state index < -0.39 is 0 Å². The van der Waals surface area contributed by atoms with E-state index in [0.717, 1.165) is 90.3 Å². The van der Waals surface area contributed by atoms with Crippen LogP contribution in [0, 0.1) is 0 Å². The van der Waals surface area contributed by atoms with Gasteiger partial charge in [0.25, 0.3) is 0 Å². The van der Waals surface area contributed by atoms with Crippen LogP contribution in [0.15, 0.2) is 0 Å². The molecule has 0 amide bonds. The molecule has 0 radical (unpaired) electrons. The Kier molecular flexibility index (Phi) is 23.6. The van der Waals surface area contributed by atoms with Gasteiger partial charge in [0.1, 0.15) is 12.2 Å². The number of hydroxylamine groups is 4. The van der Waals surface area contributed by atoms with Crippen molar-refractivity contribution in [2.45, 2.75) is 265 Å². The highest BCUT2D eigenvalue weighted by Crippen LogP contribution is 2.41. The predicted molar refractivity (Wildman–Crippen MR) is 221 cm³/mol. The summed E-state index contributed by atoms with van der Waals surface area (Å²) in [4.78, 5) is 38.2. The Morgan fingerprint density at radius 1 is 0.453 bits per heavy atom. The smallest absolute Gasteiger partial charge is 0.306 e. The topological polar surface area (TPSA) is 77.5 Å². The summed E-state index contributed by atoms with van der Waals surface area (Å²) in [5.41, 5.74) is -0.803. The quantitative estimate of drug-likeness (QED) is 0.0606. The van der Waals surface area contributed by atoms with Crippen LogP contribution in [0.25, 0.3) is 0 Å². The summed E-state index contributed by atoms with van der Waals surface area (Å²) in [5.74, 6) is -0.162. The van der Waals surface area contributed by atoms with Crippen molar-refractivity contribution in [1.82, 2.24) is 10.1 Å². The van der Waals surface area contributed by atoms with Crippen molar-refractivity contribution in [3.05, 3.63) is 0 Å². The van der Waals surface area contributed by atoms with E-state index in [1.54, 1.807) is 0 Å². The molecule has 8 heteroatoms. The molecule has 2 rings (SSSR count). The number of piperidine rings is 2. The zero-order valence-corrected chi connectivity index (χ0v) is 35.9. The normalized spacial score (nSPS) is 20.2. The van der Waals surface area contributed by atoms with Gasteiger partial charge in [-0.3, -0.25) is 19.3 Å². The lowest BCUT2D eigenvalue weighted by atomic mass is 9.80. The van der Waals surface area contributed by atoms with Crippen molar-refractivity contribution < 1.29 is 28.7 Å². The number of unbranched alkanes of at least 4 members (excludes halogenated alkanes) is 15. The van der Waals surface area contributed by atoms with Gasteiger partial charge in [-0.15, -0.1) is 0 Å². The van der Waals surface area contributed by atoms with Gasteiger partial charge in [-0.05, 0) is 81.1 Å². The SMILES string of the molecule is C.CCCCCCCCON1C(C)(C)CC(OC(=O)CCCCCCCCC(=O)OC2CC(C)(C)N(OCCCCCCCC)C(C)(C)C2)CC1(C)C. The molecule has 0 aromatic rings. The van der Waals surface area contributed by atoms with Crippen LogP contribution in [-0.4, -0.2) is 69.6 Å². The molecule has 0 N–H and O–H groups in total. The first-order chi connectivity index (χ1) is 24.5. The molecule has 0 unspecified atom stereocenters. The molecule has 0 aromatic heterocycles. The Bertz CT molecular complexity index is 881. The number of esters is 2. The molecule has 0 saturated carbocycles. The minimum Gasteiger partial charge on any atom is -0.462 e. The molecule has 0 aromatic carbocycles. The lowest BCUT2D eigenvalue weighted by Crippen LogP contribution is -2.62.